The SMILES string of the molecule is CC(C)CC(CC(C)C)C(=O)c1ccc(C(=O)N(C)C(C)C)cc1. The molecule has 3 nitrogen and oxygen atoms in total. The largest absolute Gasteiger partial charge is 0.339 e. The van der Waals surface area contributed by atoms with Crippen LogP contribution in [0.25, 0.3) is 0 Å². The van der Waals surface area contributed by atoms with E-state index < -0.39 is 0 Å². The number of ketones is 1. The molecule has 1 rings (SSSR count). The van der Waals surface area contributed by atoms with Crippen LogP contribution in [0.1, 0.15) is 75.1 Å². The highest BCUT2D eigenvalue weighted by Gasteiger charge is 2.23. The van der Waals surface area contributed by atoms with Crippen molar-refractivity contribution in [2.24, 2.45) is 17.8 Å². The molecule has 0 radical (unpaired) electrons. The number of carbonyl (C=O) groups excluding carboxylic acids is 2. The van der Waals surface area contributed by atoms with Gasteiger partial charge in [-0.25, -0.2) is 0 Å². The Hall–Kier alpha value is -1.64. The average Bonchev–Trinajstić information content (AvgIpc) is 2.51. The van der Waals surface area contributed by atoms with Crippen LogP contribution in [-0.2, 0) is 0 Å². The lowest BCUT2D eigenvalue weighted by molar-refractivity contribution is 0.0754. The molecule has 134 valence electrons. The van der Waals surface area contributed by atoms with E-state index in [0.717, 1.165) is 12.8 Å². The van der Waals surface area contributed by atoms with Gasteiger partial charge in [0.15, 0.2) is 5.78 Å². The van der Waals surface area contributed by atoms with E-state index in [2.05, 4.69) is 27.7 Å². The van der Waals surface area contributed by atoms with Gasteiger partial charge in [0.25, 0.3) is 5.91 Å². The van der Waals surface area contributed by atoms with Gasteiger partial charge in [0.1, 0.15) is 0 Å². The first kappa shape index (κ1) is 20.4. The number of amides is 1. The minimum atomic E-state index is -0.00934. The molecule has 0 N–H and O–H groups in total. The Morgan fingerprint density at radius 3 is 1.62 bits per heavy atom. The van der Waals surface area contributed by atoms with E-state index in [-0.39, 0.29) is 23.7 Å². The highest BCUT2D eigenvalue weighted by Crippen LogP contribution is 2.24. The van der Waals surface area contributed by atoms with E-state index in [1.165, 1.54) is 0 Å². The molecule has 0 aromatic heterocycles. The summed E-state index contributed by atoms with van der Waals surface area (Å²) in [6.07, 6.45) is 1.82. The van der Waals surface area contributed by atoms with Crippen LogP contribution in [0.5, 0.6) is 0 Å². The van der Waals surface area contributed by atoms with Crippen molar-refractivity contribution in [1.82, 2.24) is 4.90 Å². The van der Waals surface area contributed by atoms with Crippen LogP contribution in [-0.4, -0.2) is 29.7 Å². The molecule has 0 aliphatic heterocycles. The van der Waals surface area contributed by atoms with Crippen LogP contribution in [0.3, 0.4) is 0 Å². The third-order valence-corrected chi connectivity index (χ3v) is 4.39. The quantitative estimate of drug-likeness (QED) is 0.625. The highest BCUT2D eigenvalue weighted by atomic mass is 16.2. The second-order valence-corrected chi connectivity index (χ2v) is 7.91. The summed E-state index contributed by atoms with van der Waals surface area (Å²) < 4.78 is 0. The van der Waals surface area contributed by atoms with Gasteiger partial charge in [0.2, 0.25) is 0 Å². The molecule has 0 bridgehead atoms. The van der Waals surface area contributed by atoms with E-state index in [1.54, 1.807) is 36.2 Å². The van der Waals surface area contributed by atoms with E-state index >= 15 is 0 Å². The van der Waals surface area contributed by atoms with Gasteiger partial charge >= 0.3 is 0 Å². The monoisotopic (exact) mass is 331 g/mol. The predicted molar refractivity (Wildman–Crippen MR) is 100 cm³/mol. The number of rotatable bonds is 8. The Morgan fingerprint density at radius 2 is 1.25 bits per heavy atom. The number of carbonyl (C=O) groups is 2. The molecular weight excluding hydrogens is 298 g/mol. The van der Waals surface area contributed by atoms with Crippen molar-refractivity contribution >= 4 is 11.7 Å². The van der Waals surface area contributed by atoms with Gasteiger partial charge in [-0.2, -0.15) is 0 Å². The number of Topliss-reactive ketones (excluding diaryl/α,β-unsaturated/α-hetero) is 1. The lowest BCUT2D eigenvalue weighted by Crippen LogP contribution is -2.32. The maximum absolute atomic E-state index is 12.8. The molecule has 3 heteroatoms. The second kappa shape index (κ2) is 9.00. The Kier molecular flexibility index (Phi) is 7.65. The zero-order valence-electron chi connectivity index (χ0n) is 16.3. The minimum absolute atomic E-state index is 0.00934. The molecule has 0 saturated heterocycles. The first-order chi connectivity index (χ1) is 11.1. The van der Waals surface area contributed by atoms with Crippen molar-refractivity contribution in [2.45, 2.75) is 60.4 Å². The third kappa shape index (κ3) is 5.77. The molecule has 0 unspecified atom stereocenters. The molecule has 0 saturated carbocycles. The van der Waals surface area contributed by atoms with Crippen LogP contribution in [0.4, 0.5) is 0 Å². The molecule has 0 atom stereocenters. The smallest absolute Gasteiger partial charge is 0.253 e. The van der Waals surface area contributed by atoms with E-state index in [4.69, 9.17) is 0 Å². The van der Waals surface area contributed by atoms with Gasteiger partial charge in [-0.3, -0.25) is 9.59 Å². The molecule has 0 aliphatic rings. The van der Waals surface area contributed by atoms with Crippen molar-refractivity contribution in [3.63, 3.8) is 0 Å². The van der Waals surface area contributed by atoms with Crippen molar-refractivity contribution in [3.05, 3.63) is 35.4 Å². The van der Waals surface area contributed by atoms with Crippen LogP contribution in [0.15, 0.2) is 24.3 Å². The van der Waals surface area contributed by atoms with Crippen molar-refractivity contribution < 1.29 is 9.59 Å². The van der Waals surface area contributed by atoms with Gasteiger partial charge in [-0.15, -0.1) is 0 Å². The van der Waals surface area contributed by atoms with Crippen molar-refractivity contribution in [3.8, 4) is 0 Å². The number of nitrogens with zero attached hydrogens (tertiary/aromatic N) is 1. The first-order valence-electron chi connectivity index (χ1n) is 9.04. The van der Waals surface area contributed by atoms with Crippen LogP contribution in [0.2, 0.25) is 0 Å². The molecule has 0 fully saturated rings. The van der Waals surface area contributed by atoms with Crippen LogP contribution in [0, 0.1) is 17.8 Å². The first-order valence-corrected chi connectivity index (χ1v) is 9.04. The summed E-state index contributed by atoms with van der Waals surface area (Å²) >= 11 is 0. The molecule has 1 aromatic carbocycles. The van der Waals surface area contributed by atoms with Gasteiger partial charge in [0.05, 0.1) is 0 Å². The fraction of sp³-hybridized carbons (Fsp3) is 0.619. The van der Waals surface area contributed by atoms with Crippen LogP contribution >= 0.6 is 0 Å². The summed E-state index contributed by atoms with van der Waals surface area (Å²) in [5.41, 5.74) is 1.34. The predicted octanol–water partition coefficient (Wildman–Crippen LogP) is 5.06. The third-order valence-electron chi connectivity index (χ3n) is 4.39. The molecular formula is C21H33NO2. The molecule has 1 aromatic rings. The normalized spacial score (nSPS) is 11.6. The van der Waals surface area contributed by atoms with Gasteiger partial charge in [-0.1, -0.05) is 39.8 Å². The van der Waals surface area contributed by atoms with Crippen LogP contribution < -0.4 is 0 Å². The minimum Gasteiger partial charge on any atom is -0.339 e. The zero-order chi connectivity index (χ0) is 18.4. The Balaban J connectivity index is 2.93. The molecule has 0 heterocycles. The summed E-state index contributed by atoms with van der Waals surface area (Å²) in [6, 6.07) is 7.31. The van der Waals surface area contributed by atoms with E-state index in [0.29, 0.717) is 23.0 Å². The summed E-state index contributed by atoms with van der Waals surface area (Å²) in [4.78, 5) is 26.9. The Morgan fingerprint density at radius 1 is 0.833 bits per heavy atom. The Bertz CT molecular complexity index is 533. The van der Waals surface area contributed by atoms with Crippen molar-refractivity contribution in [1.29, 1.82) is 0 Å². The molecule has 1 amide bonds. The number of hydrogen-bond donors (Lipinski definition) is 0. The van der Waals surface area contributed by atoms with Gasteiger partial charge in [-0.05, 0) is 50.7 Å². The molecule has 24 heavy (non-hydrogen) atoms. The van der Waals surface area contributed by atoms with Gasteiger partial charge < -0.3 is 4.90 Å². The average molecular weight is 332 g/mol. The second-order valence-electron chi connectivity index (χ2n) is 7.91. The number of hydrogen-bond acceptors (Lipinski definition) is 2. The summed E-state index contributed by atoms with van der Waals surface area (Å²) in [7, 11) is 1.80. The Labute approximate surface area is 147 Å². The lowest BCUT2D eigenvalue weighted by atomic mass is 9.84. The lowest BCUT2D eigenvalue weighted by Gasteiger charge is -2.22. The van der Waals surface area contributed by atoms with Crippen molar-refractivity contribution in [2.75, 3.05) is 7.05 Å². The highest BCUT2D eigenvalue weighted by molar-refractivity contribution is 6.00. The number of benzene rings is 1. The maximum Gasteiger partial charge on any atom is 0.253 e. The standard InChI is InChI=1S/C21H33NO2/c1-14(2)12-19(13-15(3)4)20(23)17-8-10-18(11-9-17)21(24)22(7)16(5)6/h8-11,14-16,19H,12-13H2,1-7H3. The summed E-state index contributed by atoms with van der Waals surface area (Å²) in [6.45, 7) is 12.6. The molecule has 0 aliphatic carbocycles. The van der Waals surface area contributed by atoms with E-state index in [9.17, 15) is 9.59 Å². The maximum atomic E-state index is 12.8. The van der Waals surface area contributed by atoms with Gasteiger partial charge in [0, 0.05) is 30.1 Å². The fourth-order valence-corrected chi connectivity index (χ4v) is 2.90. The summed E-state index contributed by atoms with van der Waals surface area (Å²) in [5.74, 6) is 1.25. The molecule has 0 spiro atoms. The zero-order valence-corrected chi connectivity index (χ0v) is 16.3. The fourth-order valence-electron chi connectivity index (χ4n) is 2.90. The summed E-state index contributed by atoms with van der Waals surface area (Å²) in [5, 5.41) is 0. The van der Waals surface area contributed by atoms with E-state index in [1.807, 2.05) is 13.8 Å². The topological polar surface area (TPSA) is 37.4 Å².